The van der Waals surface area contributed by atoms with Crippen molar-refractivity contribution in [2.24, 2.45) is 4.99 Å². The van der Waals surface area contributed by atoms with E-state index in [1.807, 2.05) is 12.1 Å². The highest BCUT2D eigenvalue weighted by Gasteiger charge is 2.20. The van der Waals surface area contributed by atoms with E-state index >= 15 is 0 Å². The quantitative estimate of drug-likeness (QED) is 0.371. The number of rotatable bonds is 7. The highest BCUT2D eigenvalue weighted by atomic mass is 127. The first kappa shape index (κ1) is 21.8. The Morgan fingerprint density at radius 2 is 1.92 bits per heavy atom. The molecule has 0 spiro atoms. The molecule has 0 radical (unpaired) electrons. The minimum atomic E-state index is 0. The van der Waals surface area contributed by atoms with Gasteiger partial charge in [0.2, 0.25) is 6.79 Å². The molecular formula is C18H31IN4O2. The Balaban J connectivity index is 0.00000312. The summed E-state index contributed by atoms with van der Waals surface area (Å²) in [7, 11) is 4.16. The van der Waals surface area contributed by atoms with Gasteiger partial charge < -0.3 is 25.0 Å². The molecule has 0 saturated heterocycles. The molecule has 0 atom stereocenters. The zero-order chi connectivity index (χ0) is 17.6. The van der Waals surface area contributed by atoms with Crippen LogP contribution in [-0.4, -0.2) is 56.9 Å². The van der Waals surface area contributed by atoms with Crippen molar-refractivity contribution in [3.63, 3.8) is 0 Å². The van der Waals surface area contributed by atoms with Crippen molar-refractivity contribution < 1.29 is 9.47 Å². The summed E-state index contributed by atoms with van der Waals surface area (Å²) >= 11 is 0. The molecule has 0 fully saturated rings. The topological polar surface area (TPSA) is 58.1 Å². The van der Waals surface area contributed by atoms with E-state index < -0.39 is 0 Å². The third-order valence-electron chi connectivity index (χ3n) is 4.32. The number of ether oxygens (including phenoxy) is 2. The molecule has 1 heterocycles. The number of hydrogen-bond acceptors (Lipinski definition) is 4. The number of fused-ring (bicyclic) bond motifs is 1. The largest absolute Gasteiger partial charge is 0.454 e. The summed E-state index contributed by atoms with van der Waals surface area (Å²) in [5.74, 6) is 2.52. The van der Waals surface area contributed by atoms with Crippen LogP contribution < -0.4 is 20.1 Å². The Morgan fingerprint density at radius 3 is 2.60 bits per heavy atom. The second-order valence-corrected chi connectivity index (χ2v) is 6.77. The van der Waals surface area contributed by atoms with E-state index in [4.69, 9.17) is 14.5 Å². The lowest BCUT2D eigenvalue weighted by atomic mass is 10.1. The van der Waals surface area contributed by atoms with Crippen LogP contribution in [0, 0.1) is 0 Å². The molecular weight excluding hydrogens is 431 g/mol. The normalized spacial score (nSPS) is 13.6. The predicted octanol–water partition coefficient (Wildman–Crippen LogP) is 2.47. The van der Waals surface area contributed by atoms with Crippen LogP contribution in [0.2, 0.25) is 0 Å². The van der Waals surface area contributed by atoms with E-state index in [0.717, 1.165) is 43.5 Å². The highest BCUT2D eigenvalue weighted by molar-refractivity contribution is 14.0. The number of halogens is 1. The van der Waals surface area contributed by atoms with E-state index in [-0.39, 0.29) is 29.5 Å². The molecule has 0 aliphatic carbocycles. The SMILES string of the molecule is CCNC(=NCC(C)(C)N(C)C)NCCc1ccc2c(c1)OCO2.I. The molecule has 6 nitrogen and oxygen atoms in total. The molecule has 0 unspecified atom stereocenters. The van der Waals surface area contributed by atoms with Crippen molar-refractivity contribution in [1.82, 2.24) is 15.5 Å². The lowest BCUT2D eigenvalue weighted by Crippen LogP contribution is -2.44. The molecule has 1 aliphatic heterocycles. The average molecular weight is 462 g/mol. The molecule has 1 aromatic rings. The summed E-state index contributed by atoms with van der Waals surface area (Å²) in [6.45, 7) is 9.16. The summed E-state index contributed by atoms with van der Waals surface area (Å²) in [4.78, 5) is 6.89. The van der Waals surface area contributed by atoms with E-state index in [9.17, 15) is 0 Å². The number of guanidine groups is 1. The fourth-order valence-electron chi connectivity index (χ4n) is 2.18. The van der Waals surface area contributed by atoms with Gasteiger partial charge in [0, 0.05) is 18.6 Å². The molecule has 25 heavy (non-hydrogen) atoms. The van der Waals surface area contributed by atoms with Crippen LogP contribution >= 0.6 is 24.0 Å². The maximum Gasteiger partial charge on any atom is 0.231 e. The number of nitrogens with zero attached hydrogens (tertiary/aromatic N) is 2. The van der Waals surface area contributed by atoms with Crippen molar-refractivity contribution in [3.8, 4) is 11.5 Å². The van der Waals surface area contributed by atoms with Gasteiger partial charge in [-0.1, -0.05) is 6.07 Å². The number of nitrogens with one attached hydrogen (secondary N) is 2. The van der Waals surface area contributed by atoms with Crippen LogP contribution in [0.5, 0.6) is 11.5 Å². The van der Waals surface area contributed by atoms with Gasteiger partial charge in [-0.05, 0) is 59.0 Å². The van der Waals surface area contributed by atoms with Crippen molar-refractivity contribution in [2.75, 3.05) is 40.5 Å². The number of benzene rings is 1. The van der Waals surface area contributed by atoms with Crippen LogP contribution in [0.15, 0.2) is 23.2 Å². The minimum absolute atomic E-state index is 0. The standard InChI is InChI=1S/C18H30N4O2.HI/c1-6-19-17(21-12-18(2,3)22(4)5)20-10-9-14-7-8-15-16(11-14)24-13-23-15;/h7-8,11H,6,9-10,12-13H2,1-5H3,(H2,19,20,21);1H. The van der Waals surface area contributed by atoms with Gasteiger partial charge >= 0.3 is 0 Å². The molecule has 2 rings (SSSR count). The summed E-state index contributed by atoms with van der Waals surface area (Å²) in [5, 5.41) is 6.69. The zero-order valence-corrected chi connectivity index (χ0v) is 18.2. The molecule has 7 heteroatoms. The van der Waals surface area contributed by atoms with Gasteiger partial charge in [0.15, 0.2) is 17.5 Å². The maximum absolute atomic E-state index is 5.42. The average Bonchev–Trinajstić information content (AvgIpc) is 3.00. The van der Waals surface area contributed by atoms with Gasteiger partial charge in [-0.25, -0.2) is 0 Å². The molecule has 0 aromatic heterocycles. The highest BCUT2D eigenvalue weighted by Crippen LogP contribution is 2.32. The Bertz CT molecular complexity index is 576. The third kappa shape index (κ3) is 6.54. The van der Waals surface area contributed by atoms with E-state index in [2.05, 4.69) is 56.5 Å². The first-order valence-corrected chi connectivity index (χ1v) is 8.50. The van der Waals surface area contributed by atoms with Crippen LogP contribution in [0.3, 0.4) is 0 Å². The molecule has 0 bridgehead atoms. The molecule has 142 valence electrons. The predicted molar refractivity (Wildman–Crippen MR) is 113 cm³/mol. The molecule has 2 N–H and O–H groups in total. The van der Waals surface area contributed by atoms with Gasteiger partial charge in [0.25, 0.3) is 0 Å². The van der Waals surface area contributed by atoms with Crippen molar-refractivity contribution in [2.45, 2.75) is 32.7 Å². The molecule has 0 saturated carbocycles. The maximum atomic E-state index is 5.42. The van der Waals surface area contributed by atoms with E-state index in [1.165, 1.54) is 5.56 Å². The van der Waals surface area contributed by atoms with Crippen LogP contribution in [0.25, 0.3) is 0 Å². The molecule has 1 aromatic carbocycles. The van der Waals surface area contributed by atoms with Crippen LogP contribution in [0.4, 0.5) is 0 Å². The van der Waals surface area contributed by atoms with Gasteiger partial charge in [-0.3, -0.25) is 4.99 Å². The fourth-order valence-corrected chi connectivity index (χ4v) is 2.18. The first-order chi connectivity index (χ1) is 11.4. The summed E-state index contributed by atoms with van der Waals surface area (Å²) in [6.07, 6.45) is 0.901. The first-order valence-electron chi connectivity index (χ1n) is 8.50. The van der Waals surface area contributed by atoms with E-state index in [0.29, 0.717) is 6.79 Å². The monoisotopic (exact) mass is 462 g/mol. The summed E-state index contributed by atoms with van der Waals surface area (Å²) in [5.41, 5.74) is 1.25. The minimum Gasteiger partial charge on any atom is -0.454 e. The van der Waals surface area contributed by atoms with Gasteiger partial charge in [0.1, 0.15) is 0 Å². The Morgan fingerprint density at radius 1 is 1.20 bits per heavy atom. The van der Waals surface area contributed by atoms with Crippen molar-refractivity contribution >= 4 is 29.9 Å². The van der Waals surface area contributed by atoms with Gasteiger partial charge in [0.05, 0.1) is 6.54 Å². The smallest absolute Gasteiger partial charge is 0.231 e. The van der Waals surface area contributed by atoms with Crippen molar-refractivity contribution in [1.29, 1.82) is 0 Å². The lowest BCUT2D eigenvalue weighted by Gasteiger charge is -2.31. The van der Waals surface area contributed by atoms with E-state index in [1.54, 1.807) is 0 Å². The second kappa shape index (κ2) is 10.1. The fraction of sp³-hybridized carbons (Fsp3) is 0.611. The van der Waals surface area contributed by atoms with Gasteiger partial charge in [-0.2, -0.15) is 0 Å². The van der Waals surface area contributed by atoms with Crippen LogP contribution in [0.1, 0.15) is 26.3 Å². The number of aliphatic imine (C=N–C) groups is 1. The third-order valence-corrected chi connectivity index (χ3v) is 4.32. The number of hydrogen-bond donors (Lipinski definition) is 2. The van der Waals surface area contributed by atoms with Crippen molar-refractivity contribution in [3.05, 3.63) is 23.8 Å². The summed E-state index contributed by atoms with van der Waals surface area (Å²) < 4.78 is 10.8. The molecule has 0 amide bonds. The van der Waals surface area contributed by atoms with Crippen LogP contribution in [-0.2, 0) is 6.42 Å². The number of likely N-dealkylation sites (N-methyl/N-ethyl adjacent to an activating group) is 1. The molecule has 1 aliphatic rings. The Kier molecular flexibility index (Phi) is 8.78. The summed E-state index contributed by atoms with van der Waals surface area (Å²) in [6, 6.07) is 6.09. The lowest BCUT2D eigenvalue weighted by molar-refractivity contribution is 0.174. The van der Waals surface area contributed by atoms with Gasteiger partial charge in [-0.15, -0.1) is 24.0 Å². The second-order valence-electron chi connectivity index (χ2n) is 6.77. The Labute approximate surface area is 168 Å². The zero-order valence-electron chi connectivity index (χ0n) is 15.9. The Hall–Kier alpha value is -1.22.